The molecule has 0 bridgehead atoms. The lowest BCUT2D eigenvalue weighted by molar-refractivity contribution is 0.0375. The van der Waals surface area contributed by atoms with Crippen molar-refractivity contribution in [2.75, 3.05) is 46.4 Å². The minimum absolute atomic E-state index is 0.229. The summed E-state index contributed by atoms with van der Waals surface area (Å²) < 4.78 is 20.9. The molecule has 8 nitrogen and oxygen atoms in total. The molecule has 1 saturated heterocycles. The molecule has 1 aromatic heterocycles. The van der Waals surface area contributed by atoms with Gasteiger partial charge in [0.25, 0.3) is 0 Å². The van der Waals surface area contributed by atoms with E-state index in [1.807, 2.05) is 36.6 Å². The summed E-state index contributed by atoms with van der Waals surface area (Å²) in [5, 5.41) is 11.7. The molecule has 0 radical (unpaired) electrons. The van der Waals surface area contributed by atoms with Crippen molar-refractivity contribution in [3.63, 3.8) is 0 Å². The van der Waals surface area contributed by atoms with Gasteiger partial charge in [-0.2, -0.15) is 0 Å². The van der Waals surface area contributed by atoms with Gasteiger partial charge in [0.2, 0.25) is 0 Å². The minimum atomic E-state index is -0.229. The quantitative estimate of drug-likeness (QED) is 0.399. The minimum Gasteiger partial charge on any atom is -0.379 e. The molecule has 0 saturated carbocycles. The number of hydrogen-bond donors (Lipinski definition) is 1. The van der Waals surface area contributed by atoms with E-state index in [2.05, 4.69) is 20.4 Å². The van der Waals surface area contributed by atoms with Crippen LogP contribution in [0.5, 0.6) is 0 Å². The van der Waals surface area contributed by atoms with Gasteiger partial charge in [-0.05, 0) is 37.6 Å². The van der Waals surface area contributed by atoms with Crippen molar-refractivity contribution < 1.29 is 9.13 Å². The topological polar surface area (TPSA) is 70.8 Å². The van der Waals surface area contributed by atoms with Crippen LogP contribution in [-0.2, 0) is 24.9 Å². The third-order valence-electron chi connectivity index (χ3n) is 5.26. The number of benzene rings is 1. The zero-order valence-electron chi connectivity index (χ0n) is 18.1. The van der Waals surface area contributed by atoms with Crippen molar-refractivity contribution in [3.8, 4) is 0 Å². The first kappa shape index (κ1) is 22.2. The van der Waals surface area contributed by atoms with Crippen molar-refractivity contribution in [1.82, 2.24) is 29.9 Å². The van der Waals surface area contributed by atoms with Gasteiger partial charge in [0.15, 0.2) is 11.8 Å². The Hall–Kier alpha value is -2.52. The predicted octanol–water partition coefficient (Wildman–Crippen LogP) is 1.56. The van der Waals surface area contributed by atoms with E-state index in [0.29, 0.717) is 13.1 Å². The molecule has 1 aliphatic rings. The Kier molecular flexibility index (Phi) is 8.15. The zero-order valence-corrected chi connectivity index (χ0v) is 18.1. The van der Waals surface area contributed by atoms with E-state index in [-0.39, 0.29) is 5.82 Å². The summed E-state index contributed by atoms with van der Waals surface area (Å²) >= 11 is 0. The largest absolute Gasteiger partial charge is 0.379 e. The number of aromatic nitrogens is 3. The number of aliphatic imine (C=N–C) groups is 1. The number of nitrogens with one attached hydrogen (secondary N) is 1. The molecule has 1 aromatic carbocycles. The molecule has 0 spiro atoms. The van der Waals surface area contributed by atoms with Crippen molar-refractivity contribution in [2.45, 2.75) is 26.4 Å². The van der Waals surface area contributed by atoms with Crippen LogP contribution in [0.25, 0.3) is 0 Å². The molecule has 0 atom stereocenters. The Balaban J connectivity index is 1.60. The molecule has 0 aliphatic carbocycles. The molecular weight excluding hydrogens is 385 g/mol. The van der Waals surface area contributed by atoms with Crippen molar-refractivity contribution in [1.29, 1.82) is 0 Å². The second-order valence-corrected chi connectivity index (χ2v) is 7.58. The van der Waals surface area contributed by atoms with E-state index in [0.717, 1.165) is 69.0 Å². The van der Waals surface area contributed by atoms with Crippen molar-refractivity contribution >= 4 is 5.96 Å². The molecule has 2 heterocycles. The SMILES string of the molecule is Cc1nnc(CN=C(NCCCN2CCOCC2)N(C)Cc2cccc(F)c2)n1C. The number of rotatable bonds is 8. The monoisotopic (exact) mass is 417 g/mol. The highest BCUT2D eigenvalue weighted by Gasteiger charge is 2.12. The third kappa shape index (κ3) is 6.50. The van der Waals surface area contributed by atoms with E-state index in [1.54, 1.807) is 12.1 Å². The molecule has 1 N–H and O–H groups in total. The summed E-state index contributed by atoms with van der Waals surface area (Å²) in [5.74, 6) is 2.20. The molecular formula is C21H32FN7O. The van der Waals surface area contributed by atoms with Crippen LogP contribution < -0.4 is 5.32 Å². The van der Waals surface area contributed by atoms with Crippen LogP contribution in [0.1, 0.15) is 23.6 Å². The van der Waals surface area contributed by atoms with Gasteiger partial charge in [0.1, 0.15) is 18.2 Å². The first-order valence-electron chi connectivity index (χ1n) is 10.4. The zero-order chi connectivity index (χ0) is 21.3. The lowest BCUT2D eigenvalue weighted by Gasteiger charge is -2.27. The Labute approximate surface area is 177 Å². The summed E-state index contributed by atoms with van der Waals surface area (Å²) in [5.41, 5.74) is 0.898. The van der Waals surface area contributed by atoms with Crippen LogP contribution in [0.4, 0.5) is 4.39 Å². The van der Waals surface area contributed by atoms with Crippen LogP contribution in [0.2, 0.25) is 0 Å². The maximum Gasteiger partial charge on any atom is 0.194 e. The number of aryl methyl sites for hydroxylation is 1. The molecule has 0 unspecified atom stereocenters. The highest BCUT2D eigenvalue weighted by molar-refractivity contribution is 5.79. The van der Waals surface area contributed by atoms with Crippen LogP contribution in [0.3, 0.4) is 0 Å². The van der Waals surface area contributed by atoms with E-state index < -0.39 is 0 Å². The fraction of sp³-hybridized carbons (Fsp3) is 0.571. The van der Waals surface area contributed by atoms with Gasteiger partial charge in [0, 0.05) is 40.3 Å². The van der Waals surface area contributed by atoms with Gasteiger partial charge >= 0.3 is 0 Å². The summed E-state index contributed by atoms with van der Waals surface area (Å²) in [7, 11) is 3.90. The third-order valence-corrected chi connectivity index (χ3v) is 5.26. The molecule has 1 aliphatic heterocycles. The number of ether oxygens (including phenoxy) is 1. The van der Waals surface area contributed by atoms with Crippen LogP contribution in [-0.4, -0.2) is 77.0 Å². The average Bonchev–Trinajstić information content (AvgIpc) is 3.06. The number of hydrogen-bond acceptors (Lipinski definition) is 5. The standard InChI is InChI=1S/C21H32FN7O/c1-17-25-26-20(28(17)3)15-24-21(23-8-5-9-29-10-12-30-13-11-29)27(2)16-18-6-4-7-19(22)14-18/h4,6-7,14H,5,8-13,15-16H2,1-3H3,(H,23,24). The number of morpholine rings is 1. The van der Waals surface area contributed by atoms with Gasteiger partial charge < -0.3 is 19.5 Å². The summed E-state index contributed by atoms with van der Waals surface area (Å²) in [6, 6.07) is 6.66. The lowest BCUT2D eigenvalue weighted by Crippen LogP contribution is -2.41. The first-order valence-corrected chi connectivity index (χ1v) is 10.4. The molecule has 1 fully saturated rings. The number of halogens is 1. The van der Waals surface area contributed by atoms with E-state index in [9.17, 15) is 4.39 Å². The van der Waals surface area contributed by atoms with Gasteiger partial charge in [0.05, 0.1) is 13.2 Å². The van der Waals surface area contributed by atoms with E-state index in [4.69, 9.17) is 9.73 Å². The van der Waals surface area contributed by atoms with Crippen LogP contribution in [0, 0.1) is 12.7 Å². The maximum absolute atomic E-state index is 13.6. The molecule has 164 valence electrons. The Morgan fingerprint density at radius 1 is 1.30 bits per heavy atom. The predicted molar refractivity (Wildman–Crippen MR) is 115 cm³/mol. The number of guanidine groups is 1. The second-order valence-electron chi connectivity index (χ2n) is 7.58. The first-order chi connectivity index (χ1) is 14.5. The summed E-state index contributed by atoms with van der Waals surface area (Å²) in [4.78, 5) is 9.18. The molecule has 2 aromatic rings. The summed E-state index contributed by atoms with van der Waals surface area (Å²) in [6.07, 6.45) is 1.01. The Morgan fingerprint density at radius 3 is 2.80 bits per heavy atom. The number of nitrogens with zero attached hydrogens (tertiary/aromatic N) is 6. The van der Waals surface area contributed by atoms with E-state index in [1.165, 1.54) is 6.07 Å². The summed E-state index contributed by atoms with van der Waals surface area (Å²) in [6.45, 7) is 8.35. The molecule has 9 heteroatoms. The molecule has 0 amide bonds. The average molecular weight is 418 g/mol. The highest BCUT2D eigenvalue weighted by Crippen LogP contribution is 2.07. The van der Waals surface area contributed by atoms with Crippen molar-refractivity contribution in [3.05, 3.63) is 47.3 Å². The van der Waals surface area contributed by atoms with E-state index >= 15 is 0 Å². The second kappa shape index (κ2) is 11.0. The van der Waals surface area contributed by atoms with Crippen LogP contribution in [0.15, 0.2) is 29.3 Å². The van der Waals surface area contributed by atoms with Gasteiger partial charge in [-0.3, -0.25) is 4.90 Å². The Bertz CT molecular complexity index is 833. The van der Waals surface area contributed by atoms with Crippen LogP contribution >= 0.6 is 0 Å². The van der Waals surface area contributed by atoms with Crippen molar-refractivity contribution in [2.24, 2.45) is 12.0 Å². The Morgan fingerprint density at radius 2 is 2.10 bits per heavy atom. The maximum atomic E-state index is 13.6. The fourth-order valence-electron chi connectivity index (χ4n) is 3.36. The normalized spacial score (nSPS) is 15.4. The van der Waals surface area contributed by atoms with Gasteiger partial charge in [-0.1, -0.05) is 12.1 Å². The van der Waals surface area contributed by atoms with Gasteiger partial charge in [-0.25, -0.2) is 9.38 Å². The van der Waals surface area contributed by atoms with Gasteiger partial charge in [-0.15, -0.1) is 10.2 Å². The molecule has 30 heavy (non-hydrogen) atoms. The highest BCUT2D eigenvalue weighted by atomic mass is 19.1. The molecule has 3 rings (SSSR count). The fourth-order valence-corrected chi connectivity index (χ4v) is 3.36. The lowest BCUT2D eigenvalue weighted by atomic mass is 10.2. The smallest absolute Gasteiger partial charge is 0.194 e.